The minimum absolute atomic E-state index is 0.110. The quantitative estimate of drug-likeness (QED) is 0.186. The lowest BCUT2D eigenvalue weighted by Crippen LogP contribution is -2.16. The summed E-state index contributed by atoms with van der Waals surface area (Å²) >= 11 is 0. The number of hydrogen-bond acceptors (Lipinski definition) is 2. The molecule has 9 aromatic rings. The van der Waals surface area contributed by atoms with Crippen LogP contribution in [0.4, 0.5) is 17.1 Å². The van der Waals surface area contributed by atoms with Crippen molar-refractivity contribution in [3.05, 3.63) is 174 Å². The van der Waals surface area contributed by atoms with Gasteiger partial charge >= 0.3 is 0 Å². The fraction of sp³-hybridized carbons (Fsp3) is 0.120. The van der Waals surface area contributed by atoms with Crippen molar-refractivity contribution < 1.29 is 4.42 Å². The molecule has 2 aliphatic carbocycles. The predicted molar refractivity (Wildman–Crippen MR) is 219 cm³/mol. The summed E-state index contributed by atoms with van der Waals surface area (Å²) in [6.45, 7) is 9.45. The van der Waals surface area contributed by atoms with Gasteiger partial charge in [-0.3, -0.25) is 0 Å². The van der Waals surface area contributed by atoms with Gasteiger partial charge in [-0.05, 0) is 103 Å². The van der Waals surface area contributed by atoms with Crippen molar-refractivity contribution in [2.24, 2.45) is 0 Å². The van der Waals surface area contributed by atoms with Crippen molar-refractivity contribution >= 4 is 60.5 Å². The Hall–Kier alpha value is -6.12. The average molecular weight is 668 g/mol. The molecule has 0 bridgehead atoms. The SMILES string of the molecule is CC1(C)c2ccccc2-c2ccc(N(c3ccc4ccccc4c3)c3ccc4c5c(c6c7ccccc7oc6c4c3)C(C)(C)c3ccccc3-5)cc21. The molecule has 0 N–H and O–H groups in total. The van der Waals surface area contributed by atoms with Gasteiger partial charge in [-0.25, -0.2) is 0 Å². The molecule has 248 valence electrons. The van der Waals surface area contributed by atoms with Crippen molar-refractivity contribution in [1.82, 2.24) is 0 Å². The number of benzene rings is 8. The molecule has 11 rings (SSSR count). The van der Waals surface area contributed by atoms with Crippen LogP contribution in [0.3, 0.4) is 0 Å². The highest BCUT2D eigenvalue weighted by molar-refractivity contribution is 6.23. The third-order valence-electron chi connectivity index (χ3n) is 12.2. The van der Waals surface area contributed by atoms with Gasteiger partial charge in [0.05, 0.1) is 0 Å². The van der Waals surface area contributed by atoms with Gasteiger partial charge in [-0.15, -0.1) is 0 Å². The molecular formula is C50H37NO. The van der Waals surface area contributed by atoms with E-state index in [1.807, 2.05) is 0 Å². The molecule has 2 nitrogen and oxygen atoms in total. The summed E-state index contributed by atoms with van der Waals surface area (Å²) < 4.78 is 6.89. The van der Waals surface area contributed by atoms with Crippen LogP contribution < -0.4 is 4.90 Å². The maximum absolute atomic E-state index is 6.89. The molecule has 0 aliphatic heterocycles. The first-order chi connectivity index (χ1) is 25.3. The smallest absolute Gasteiger partial charge is 0.143 e. The molecule has 0 radical (unpaired) electrons. The van der Waals surface area contributed by atoms with Gasteiger partial charge in [-0.1, -0.05) is 137 Å². The second-order valence-electron chi connectivity index (χ2n) is 15.7. The largest absolute Gasteiger partial charge is 0.455 e. The maximum Gasteiger partial charge on any atom is 0.143 e. The van der Waals surface area contributed by atoms with E-state index in [0.717, 1.165) is 33.6 Å². The Morgan fingerprint density at radius 1 is 0.442 bits per heavy atom. The Labute approximate surface area is 303 Å². The zero-order chi connectivity index (χ0) is 34.9. The number of furan rings is 1. The molecule has 0 saturated carbocycles. The van der Waals surface area contributed by atoms with E-state index < -0.39 is 0 Å². The van der Waals surface area contributed by atoms with Gasteiger partial charge in [0, 0.05) is 44.1 Å². The molecule has 52 heavy (non-hydrogen) atoms. The van der Waals surface area contributed by atoms with Crippen molar-refractivity contribution in [1.29, 1.82) is 0 Å². The molecule has 0 spiro atoms. The van der Waals surface area contributed by atoms with E-state index in [1.165, 1.54) is 71.4 Å². The van der Waals surface area contributed by atoms with Crippen LogP contribution in [0.5, 0.6) is 0 Å². The van der Waals surface area contributed by atoms with E-state index in [0.29, 0.717) is 0 Å². The number of anilines is 3. The molecule has 1 heterocycles. The minimum atomic E-state index is -0.171. The van der Waals surface area contributed by atoms with Gasteiger partial charge in [0.2, 0.25) is 0 Å². The second kappa shape index (κ2) is 10.2. The van der Waals surface area contributed by atoms with Crippen LogP contribution in [-0.2, 0) is 10.8 Å². The van der Waals surface area contributed by atoms with Gasteiger partial charge in [0.25, 0.3) is 0 Å². The zero-order valence-corrected chi connectivity index (χ0v) is 29.8. The summed E-state index contributed by atoms with van der Waals surface area (Å²) in [4.78, 5) is 2.44. The van der Waals surface area contributed by atoms with E-state index in [9.17, 15) is 0 Å². The normalized spacial score (nSPS) is 14.8. The number of para-hydroxylation sites is 1. The molecule has 0 fully saturated rings. The fourth-order valence-corrected chi connectivity index (χ4v) is 9.70. The third-order valence-corrected chi connectivity index (χ3v) is 12.2. The summed E-state index contributed by atoms with van der Waals surface area (Å²) in [5, 5.41) is 7.22. The van der Waals surface area contributed by atoms with E-state index in [-0.39, 0.29) is 10.8 Å². The summed E-state index contributed by atoms with van der Waals surface area (Å²) in [6, 6.07) is 55.9. The lowest BCUT2D eigenvalue weighted by molar-refractivity contribution is 0.659. The minimum Gasteiger partial charge on any atom is -0.455 e. The lowest BCUT2D eigenvalue weighted by Gasteiger charge is -2.29. The van der Waals surface area contributed by atoms with E-state index in [1.54, 1.807) is 0 Å². The second-order valence-corrected chi connectivity index (χ2v) is 15.7. The monoisotopic (exact) mass is 667 g/mol. The first kappa shape index (κ1) is 29.6. The van der Waals surface area contributed by atoms with Crippen molar-refractivity contribution in [3.63, 3.8) is 0 Å². The lowest BCUT2D eigenvalue weighted by atomic mass is 9.79. The van der Waals surface area contributed by atoms with Crippen LogP contribution >= 0.6 is 0 Å². The highest BCUT2D eigenvalue weighted by Crippen LogP contribution is 2.57. The zero-order valence-electron chi connectivity index (χ0n) is 29.8. The molecule has 2 heteroatoms. The summed E-state index contributed by atoms with van der Waals surface area (Å²) in [6.07, 6.45) is 0. The van der Waals surface area contributed by atoms with E-state index in [4.69, 9.17) is 4.42 Å². The third kappa shape index (κ3) is 3.84. The van der Waals surface area contributed by atoms with E-state index >= 15 is 0 Å². The molecule has 0 atom stereocenters. The highest BCUT2D eigenvalue weighted by Gasteiger charge is 2.40. The Morgan fingerprint density at radius 2 is 1.06 bits per heavy atom. The van der Waals surface area contributed by atoms with Gasteiger partial charge < -0.3 is 9.32 Å². The molecule has 0 unspecified atom stereocenters. The molecule has 1 aromatic heterocycles. The molecule has 0 amide bonds. The number of rotatable bonds is 3. The van der Waals surface area contributed by atoms with Crippen LogP contribution in [0.15, 0.2) is 156 Å². The first-order valence-electron chi connectivity index (χ1n) is 18.4. The van der Waals surface area contributed by atoms with Crippen LogP contribution in [0, 0.1) is 0 Å². The summed E-state index contributed by atoms with van der Waals surface area (Å²) in [5.74, 6) is 0. The Bertz CT molecular complexity index is 2980. The standard InChI is InChI=1S/C50H37NO/c1-49(2)41-18-10-7-15-35(41)36-25-23-34(29-43(36)49)51(32-22-21-30-13-5-6-14-31(30)27-32)33-24-26-37-40(28-33)48-46(39-17-9-12-20-44(39)52-48)47-45(37)38-16-8-11-19-42(38)50(47,3)4/h5-29H,1-4H3. The van der Waals surface area contributed by atoms with Crippen molar-refractivity contribution in [2.75, 3.05) is 4.90 Å². The molecule has 0 saturated heterocycles. The Morgan fingerprint density at radius 3 is 1.90 bits per heavy atom. The van der Waals surface area contributed by atoms with Gasteiger partial charge in [0.15, 0.2) is 0 Å². The Kier molecular flexibility index (Phi) is 5.83. The number of nitrogens with zero attached hydrogens (tertiary/aromatic N) is 1. The number of fused-ring (bicyclic) bond motifs is 14. The molecular weight excluding hydrogens is 631 g/mol. The van der Waals surface area contributed by atoms with Crippen LogP contribution in [0.25, 0.3) is 65.7 Å². The summed E-state index contributed by atoms with van der Waals surface area (Å²) in [7, 11) is 0. The van der Waals surface area contributed by atoms with Crippen LogP contribution in [-0.4, -0.2) is 0 Å². The first-order valence-corrected chi connectivity index (χ1v) is 18.4. The van der Waals surface area contributed by atoms with Gasteiger partial charge in [-0.2, -0.15) is 0 Å². The molecule has 2 aliphatic rings. The number of hydrogen-bond donors (Lipinski definition) is 0. The fourth-order valence-electron chi connectivity index (χ4n) is 9.70. The van der Waals surface area contributed by atoms with Crippen molar-refractivity contribution in [3.8, 4) is 22.3 Å². The average Bonchev–Trinajstić information content (AvgIpc) is 3.75. The van der Waals surface area contributed by atoms with Crippen LogP contribution in [0.1, 0.15) is 49.9 Å². The van der Waals surface area contributed by atoms with Crippen LogP contribution in [0.2, 0.25) is 0 Å². The Balaban J connectivity index is 1.21. The van der Waals surface area contributed by atoms with E-state index in [2.05, 4.69) is 184 Å². The topological polar surface area (TPSA) is 16.4 Å². The van der Waals surface area contributed by atoms with Crippen molar-refractivity contribution in [2.45, 2.75) is 38.5 Å². The van der Waals surface area contributed by atoms with Gasteiger partial charge in [0.1, 0.15) is 11.2 Å². The summed E-state index contributed by atoms with van der Waals surface area (Å²) in [5.41, 5.74) is 15.7. The maximum atomic E-state index is 6.89. The molecule has 8 aromatic carbocycles. The highest BCUT2D eigenvalue weighted by atomic mass is 16.3. The predicted octanol–water partition coefficient (Wildman–Crippen LogP) is 14.0.